The molecule has 1 fully saturated rings. The number of likely N-dealkylation sites (tertiary alicyclic amines) is 1. The highest BCUT2D eigenvalue weighted by atomic mass is 32.1. The lowest BCUT2D eigenvalue weighted by Gasteiger charge is -2.33. The Bertz CT molecular complexity index is 1080. The first-order chi connectivity index (χ1) is 13.7. The molecule has 4 aromatic rings. The van der Waals surface area contributed by atoms with E-state index in [4.69, 9.17) is 13.8 Å². The zero-order chi connectivity index (χ0) is 19.1. The van der Waals surface area contributed by atoms with Crippen molar-refractivity contribution < 1.29 is 8.83 Å². The van der Waals surface area contributed by atoms with E-state index in [1.54, 1.807) is 11.3 Å². The van der Waals surface area contributed by atoms with E-state index in [0.29, 0.717) is 24.4 Å². The fraction of sp³-hybridized carbons (Fsp3) is 0.381. The van der Waals surface area contributed by atoms with Gasteiger partial charge in [0.2, 0.25) is 5.89 Å². The van der Waals surface area contributed by atoms with Gasteiger partial charge in [-0.25, -0.2) is 4.98 Å². The van der Waals surface area contributed by atoms with Crippen molar-refractivity contribution in [2.75, 3.05) is 6.54 Å². The number of hydrogen-bond acceptors (Lipinski definition) is 7. The number of hydrogen-bond donors (Lipinski definition) is 0. The van der Waals surface area contributed by atoms with Gasteiger partial charge in [-0.1, -0.05) is 18.6 Å². The van der Waals surface area contributed by atoms with Crippen molar-refractivity contribution in [3.05, 3.63) is 52.8 Å². The number of rotatable bonds is 4. The second-order valence-corrected chi connectivity index (χ2v) is 8.39. The normalized spacial score (nSPS) is 18.1. The van der Waals surface area contributed by atoms with Crippen molar-refractivity contribution in [1.82, 2.24) is 20.1 Å². The summed E-state index contributed by atoms with van der Waals surface area (Å²) >= 11 is 1.79. The molecule has 1 aromatic carbocycles. The van der Waals surface area contributed by atoms with Gasteiger partial charge in [0.05, 0.1) is 28.4 Å². The molecule has 6 nitrogen and oxygen atoms in total. The molecule has 0 N–H and O–H groups in total. The molecule has 4 heterocycles. The van der Waals surface area contributed by atoms with Crippen LogP contribution in [0.3, 0.4) is 0 Å². The lowest BCUT2D eigenvalue weighted by atomic mass is 10.0. The number of fused-ring (bicyclic) bond motifs is 1. The number of benzene rings is 1. The van der Waals surface area contributed by atoms with Crippen molar-refractivity contribution in [2.45, 2.75) is 45.7 Å². The minimum absolute atomic E-state index is 0.305. The zero-order valence-electron chi connectivity index (χ0n) is 16.0. The van der Waals surface area contributed by atoms with E-state index in [2.05, 4.69) is 33.3 Å². The minimum Gasteiger partial charge on any atom is -0.466 e. The number of para-hydroxylation sites is 1. The van der Waals surface area contributed by atoms with Gasteiger partial charge in [-0.05, 0) is 51.4 Å². The molecule has 0 saturated carbocycles. The Morgan fingerprint density at radius 3 is 2.86 bits per heavy atom. The highest BCUT2D eigenvalue weighted by Crippen LogP contribution is 2.36. The Morgan fingerprint density at radius 1 is 1.14 bits per heavy atom. The standard InChI is InChI=1S/C21H22N4O2S/c1-13-11-15(14(2)26-13)20-24-23-19(27-20)12-25-10-6-5-8-17(25)21-22-16-7-3-4-9-18(16)28-21/h3-4,7,9,11,17H,5-6,8,10,12H2,1-2H3/t17-/m1/s1. The van der Waals surface area contributed by atoms with Gasteiger partial charge in [0, 0.05) is 0 Å². The van der Waals surface area contributed by atoms with Crippen LogP contribution < -0.4 is 0 Å². The Labute approximate surface area is 167 Å². The number of thiazole rings is 1. The van der Waals surface area contributed by atoms with Gasteiger partial charge in [-0.2, -0.15) is 0 Å². The molecule has 5 rings (SSSR count). The van der Waals surface area contributed by atoms with Crippen LogP contribution in [0, 0.1) is 13.8 Å². The molecular weight excluding hydrogens is 372 g/mol. The number of nitrogens with zero attached hydrogens (tertiary/aromatic N) is 4. The SMILES string of the molecule is Cc1cc(-c2nnc(CN3CCCC[C@@H]3c3nc4ccccc4s3)o2)c(C)o1. The second-order valence-electron chi connectivity index (χ2n) is 7.33. The molecule has 0 radical (unpaired) electrons. The Hall–Kier alpha value is -2.51. The first kappa shape index (κ1) is 17.6. The third-order valence-corrected chi connectivity index (χ3v) is 6.42. The van der Waals surface area contributed by atoms with Crippen molar-refractivity contribution in [1.29, 1.82) is 0 Å². The smallest absolute Gasteiger partial charge is 0.251 e. The van der Waals surface area contributed by atoms with E-state index in [9.17, 15) is 0 Å². The highest BCUT2D eigenvalue weighted by Gasteiger charge is 2.28. The molecule has 0 bridgehead atoms. The molecule has 1 aliphatic heterocycles. The number of aryl methyl sites for hydroxylation is 2. The maximum absolute atomic E-state index is 5.97. The van der Waals surface area contributed by atoms with Crippen LogP contribution in [0.15, 0.2) is 39.2 Å². The lowest BCUT2D eigenvalue weighted by Crippen LogP contribution is -2.33. The predicted octanol–water partition coefficient (Wildman–Crippen LogP) is 5.28. The molecule has 28 heavy (non-hydrogen) atoms. The summed E-state index contributed by atoms with van der Waals surface area (Å²) in [7, 11) is 0. The molecule has 144 valence electrons. The molecule has 3 aromatic heterocycles. The monoisotopic (exact) mass is 394 g/mol. The van der Waals surface area contributed by atoms with E-state index in [-0.39, 0.29) is 0 Å². The van der Waals surface area contributed by atoms with Crippen molar-refractivity contribution in [2.24, 2.45) is 0 Å². The average Bonchev–Trinajstić information content (AvgIpc) is 3.40. The maximum Gasteiger partial charge on any atom is 0.251 e. The summed E-state index contributed by atoms with van der Waals surface area (Å²) in [6, 6.07) is 10.6. The highest BCUT2D eigenvalue weighted by molar-refractivity contribution is 7.18. The van der Waals surface area contributed by atoms with Crippen molar-refractivity contribution in [3.8, 4) is 11.5 Å². The number of furan rings is 1. The van der Waals surface area contributed by atoms with Crippen LogP contribution >= 0.6 is 11.3 Å². The summed E-state index contributed by atoms with van der Waals surface area (Å²) in [5.41, 5.74) is 1.96. The first-order valence-corrected chi connectivity index (χ1v) is 10.5. The average molecular weight is 395 g/mol. The van der Waals surface area contributed by atoms with Crippen LogP contribution in [0.2, 0.25) is 0 Å². The molecule has 1 aliphatic rings. The van der Waals surface area contributed by atoms with Gasteiger partial charge in [-0.3, -0.25) is 4.90 Å². The Kier molecular flexibility index (Phi) is 4.49. The van der Waals surface area contributed by atoms with Crippen LogP contribution in [0.5, 0.6) is 0 Å². The van der Waals surface area contributed by atoms with Crippen LogP contribution in [0.4, 0.5) is 0 Å². The quantitative estimate of drug-likeness (QED) is 0.469. The number of aromatic nitrogens is 3. The molecule has 0 spiro atoms. The van der Waals surface area contributed by atoms with Crippen LogP contribution in [0.25, 0.3) is 21.7 Å². The minimum atomic E-state index is 0.305. The van der Waals surface area contributed by atoms with Gasteiger partial charge < -0.3 is 8.83 Å². The summed E-state index contributed by atoms with van der Waals surface area (Å²) in [4.78, 5) is 7.32. The largest absolute Gasteiger partial charge is 0.466 e. The van der Waals surface area contributed by atoms with E-state index in [1.165, 1.54) is 22.5 Å². The third kappa shape index (κ3) is 3.25. The van der Waals surface area contributed by atoms with Gasteiger partial charge in [-0.15, -0.1) is 21.5 Å². The molecule has 1 atom stereocenters. The fourth-order valence-electron chi connectivity index (χ4n) is 3.94. The van der Waals surface area contributed by atoms with Crippen LogP contribution in [-0.2, 0) is 6.54 Å². The molecular formula is C21H22N4O2S. The Balaban J connectivity index is 1.39. The predicted molar refractivity (Wildman–Crippen MR) is 108 cm³/mol. The molecule has 0 aliphatic carbocycles. The van der Waals surface area contributed by atoms with Crippen LogP contribution in [-0.4, -0.2) is 26.6 Å². The van der Waals surface area contributed by atoms with Crippen LogP contribution in [0.1, 0.15) is 47.7 Å². The summed E-state index contributed by atoms with van der Waals surface area (Å²) in [6.07, 6.45) is 3.52. The molecule has 1 saturated heterocycles. The van der Waals surface area contributed by atoms with E-state index >= 15 is 0 Å². The summed E-state index contributed by atoms with van der Waals surface area (Å²) in [5.74, 6) is 2.82. The maximum atomic E-state index is 5.97. The van der Waals surface area contributed by atoms with Gasteiger partial charge in [0.15, 0.2) is 0 Å². The molecule has 0 amide bonds. The molecule has 0 unspecified atom stereocenters. The lowest BCUT2D eigenvalue weighted by molar-refractivity contribution is 0.128. The Morgan fingerprint density at radius 2 is 2.04 bits per heavy atom. The van der Waals surface area contributed by atoms with Crippen molar-refractivity contribution >= 4 is 21.6 Å². The second kappa shape index (κ2) is 7.14. The van der Waals surface area contributed by atoms with E-state index < -0.39 is 0 Å². The van der Waals surface area contributed by atoms with Gasteiger partial charge in [0.1, 0.15) is 16.5 Å². The fourth-order valence-corrected chi connectivity index (χ4v) is 5.07. The summed E-state index contributed by atoms with van der Waals surface area (Å²) in [5, 5.41) is 9.72. The number of piperidine rings is 1. The van der Waals surface area contributed by atoms with E-state index in [0.717, 1.165) is 35.6 Å². The first-order valence-electron chi connectivity index (χ1n) is 9.67. The molecule has 7 heteroatoms. The third-order valence-electron chi connectivity index (χ3n) is 5.29. The van der Waals surface area contributed by atoms with E-state index in [1.807, 2.05) is 26.0 Å². The summed E-state index contributed by atoms with van der Waals surface area (Å²) in [6.45, 7) is 5.50. The topological polar surface area (TPSA) is 68.2 Å². The summed E-state index contributed by atoms with van der Waals surface area (Å²) < 4.78 is 12.8. The van der Waals surface area contributed by atoms with Crippen molar-refractivity contribution in [3.63, 3.8) is 0 Å². The van der Waals surface area contributed by atoms with Gasteiger partial charge >= 0.3 is 0 Å². The van der Waals surface area contributed by atoms with Gasteiger partial charge in [0.25, 0.3) is 5.89 Å². The zero-order valence-corrected chi connectivity index (χ0v) is 16.8.